The second kappa shape index (κ2) is 7.36. The number of hydrogen-bond donors (Lipinski definition) is 2. The molecule has 3 nitrogen and oxygen atoms in total. The molecule has 0 aromatic heterocycles. The maximum atomic E-state index is 5.88. The van der Waals surface area contributed by atoms with Crippen LogP contribution < -0.4 is 16.0 Å². The number of halogens is 1. The van der Waals surface area contributed by atoms with Crippen LogP contribution >= 0.6 is 15.9 Å². The van der Waals surface area contributed by atoms with Crippen molar-refractivity contribution in [2.75, 3.05) is 36.1 Å². The number of nitrogens with one attached hydrogen (secondary N) is 1. The van der Waals surface area contributed by atoms with Crippen LogP contribution in [0.25, 0.3) is 0 Å². The molecule has 2 aromatic carbocycles. The lowest BCUT2D eigenvalue weighted by molar-refractivity contribution is 0.816. The van der Waals surface area contributed by atoms with Gasteiger partial charge in [-0.25, -0.2) is 0 Å². The molecule has 4 heteroatoms. The molecule has 0 unspecified atom stereocenters. The molecule has 0 aliphatic carbocycles. The number of rotatable bonds is 6. The van der Waals surface area contributed by atoms with Crippen LogP contribution in [0, 0.1) is 6.92 Å². The molecule has 0 aliphatic rings. The molecule has 2 aromatic rings. The van der Waals surface area contributed by atoms with Gasteiger partial charge in [0.15, 0.2) is 0 Å². The molecule has 0 spiro atoms. The standard InChI is InChI=1S/C17H22BrN3/c1-13-11-17(15(18)12-16(13)19)20-9-6-10-21(2)14-7-4-3-5-8-14/h3-5,7-8,11-12,20H,6,9-10,19H2,1-2H3. The SMILES string of the molecule is Cc1cc(NCCCN(C)c2ccccc2)c(Br)cc1N. The molecular formula is C17H22BrN3. The van der Waals surface area contributed by atoms with Gasteiger partial charge in [-0.2, -0.15) is 0 Å². The van der Waals surface area contributed by atoms with Crippen molar-refractivity contribution in [3.8, 4) is 0 Å². The largest absolute Gasteiger partial charge is 0.398 e. The zero-order chi connectivity index (χ0) is 15.2. The van der Waals surface area contributed by atoms with Gasteiger partial charge in [0.1, 0.15) is 0 Å². The monoisotopic (exact) mass is 347 g/mol. The van der Waals surface area contributed by atoms with Gasteiger partial charge in [0.2, 0.25) is 0 Å². The Balaban J connectivity index is 1.81. The number of nitrogens with zero attached hydrogens (tertiary/aromatic N) is 1. The van der Waals surface area contributed by atoms with Gasteiger partial charge in [-0.1, -0.05) is 18.2 Å². The van der Waals surface area contributed by atoms with Crippen molar-refractivity contribution in [3.05, 3.63) is 52.5 Å². The molecule has 2 rings (SSSR count). The summed E-state index contributed by atoms with van der Waals surface area (Å²) >= 11 is 3.55. The highest BCUT2D eigenvalue weighted by Crippen LogP contribution is 2.27. The third-order valence-corrected chi connectivity index (χ3v) is 4.19. The van der Waals surface area contributed by atoms with Crippen LogP contribution in [0.3, 0.4) is 0 Å². The Hall–Kier alpha value is -1.68. The Labute approximate surface area is 135 Å². The maximum Gasteiger partial charge on any atom is 0.0488 e. The van der Waals surface area contributed by atoms with E-state index < -0.39 is 0 Å². The van der Waals surface area contributed by atoms with Crippen molar-refractivity contribution in [3.63, 3.8) is 0 Å². The molecule has 0 amide bonds. The van der Waals surface area contributed by atoms with E-state index in [1.807, 2.05) is 19.1 Å². The van der Waals surface area contributed by atoms with Gasteiger partial charge in [0, 0.05) is 41.7 Å². The van der Waals surface area contributed by atoms with E-state index in [-0.39, 0.29) is 0 Å². The number of benzene rings is 2. The molecule has 0 saturated carbocycles. The van der Waals surface area contributed by atoms with Gasteiger partial charge >= 0.3 is 0 Å². The van der Waals surface area contributed by atoms with Gasteiger partial charge in [0.05, 0.1) is 0 Å². The van der Waals surface area contributed by atoms with Gasteiger partial charge in [-0.15, -0.1) is 0 Å². The number of aryl methyl sites for hydroxylation is 1. The zero-order valence-corrected chi connectivity index (χ0v) is 14.2. The van der Waals surface area contributed by atoms with Crippen LogP contribution in [0.2, 0.25) is 0 Å². The molecule has 0 bridgehead atoms. The predicted molar refractivity (Wildman–Crippen MR) is 96.1 cm³/mol. The molecule has 112 valence electrons. The summed E-state index contributed by atoms with van der Waals surface area (Å²) in [7, 11) is 2.12. The summed E-state index contributed by atoms with van der Waals surface area (Å²) < 4.78 is 1.02. The minimum absolute atomic E-state index is 0.816. The second-order valence-electron chi connectivity index (χ2n) is 5.23. The highest BCUT2D eigenvalue weighted by atomic mass is 79.9. The average Bonchev–Trinajstić information content (AvgIpc) is 2.49. The highest BCUT2D eigenvalue weighted by Gasteiger charge is 2.04. The highest BCUT2D eigenvalue weighted by molar-refractivity contribution is 9.10. The van der Waals surface area contributed by atoms with E-state index >= 15 is 0 Å². The van der Waals surface area contributed by atoms with Gasteiger partial charge in [-0.3, -0.25) is 0 Å². The molecule has 0 aliphatic heterocycles. The van der Waals surface area contributed by atoms with E-state index in [0.717, 1.165) is 40.9 Å². The fourth-order valence-corrected chi connectivity index (χ4v) is 2.68. The summed E-state index contributed by atoms with van der Waals surface area (Å²) in [6, 6.07) is 14.5. The first-order valence-corrected chi connectivity index (χ1v) is 7.93. The molecular weight excluding hydrogens is 326 g/mol. The van der Waals surface area contributed by atoms with E-state index in [1.165, 1.54) is 5.69 Å². The third kappa shape index (κ3) is 4.39. The fourth-order valence-electron chi connectivity index (χ4n) is 2.18. The first-order chi connectivity index (χ1) is 10.1. The summed E-state index contributed by atoms with van der Waals surface area (Å²) in [6.07, 6.45) is 1.07. The van der Waals surface area contributed by atoms with Crippen molar-refractivity contribution < 1.29 is 0 Å². The lowest BCUT2D eigenvalue weighted by atomic mass is 10.2. The Morgan fingerprint density at radius 1 is 1.19 bits per heavy atom. The molecule has 0 radical (unpaired) electrons. The van der Waals surface area contributed by atoms with Crippen LogP contribution in [0.1, 0.15) is 12.0 Å². The van der Waals surface area contributed by atoms with Crippen LogP contribution in [-0.2, 0) is 0 Å². The van der Waals surface area contributed by atoms with Crippen LogP contribution in [0.15, 0.2) is 46.9 Å². The Morgan fingerprint density at radius 3 is 2.62 bits per heavy atom. The van der Waals surface area contributed by atoms with E-state index in [1.54, 1.807) is 0 Å². The van der Waals surface area contributed by atoms with Gasteiger partial charge in [-0.05, 0) is 59.1 Å². The van der Waals surface area contributed by atoms with Crippen LogP contribution in [0.4, 0.5) is 17.1 Å². The molecule has 0 heterocycles. The zero-order valence-electron chi connectivity index (χ0n) is 12.6. The smallest absolute Gasteiger partial charge is 0.0488 e. The minimum Gasteiger partial charge on any atom is -0.398 e. The normalized spacial score (nSPS) is 10.4. The molecule has 3 N–H and O–H groups in total. The molecule has 0 fully saturated rings. The number of nitrogen functional groups attached to an aromatic ring is 1. The average molecular weight is 348 g/mol. The van der Waals surface area contributed by atoms with E-state index in [4.69, 9.17) is 5.73 Å². The lowest BCUT2D eigenvalue weighted by Gasteiger charge is -2.19. The first kappa shape index (κ1) is 15.7. The predicted octanol–water partition coefficient (Wildman–Crippen LogP) is 4.28. The number of nitrogens with two attached hydrogens (primary N) is 1. The van der Waals surface area contributed by atoms with Crippen molar-refractivity contribution >= 4 is 33.0 Å². The fraction of sp³-hybridized carbons (Fsp3) is 0.294. The summed E-state index contributed by atoms with van der Waals surface area (Å²) in [5, 5.41) is 3.46. The second-order valence-corrected chi connectivity index (χ2v) is 6.08. The van der Waals surface area contributed by atoms with Crippen LogP contribution in [-0.4, -0.2) is 20.1 Å². The number of para-hydroxylation sites is 1. The lowest BCUT2D eigenvalue weighted by Crippen LogP contribution is -2.20. The first-order valence-electron chi connectivity index (χ1n) is 7.13. The van der Waals surface area contributed by atoms with E-state index in [0.29, 0.717) is 0 Å². The van der Waals surface area contributed by atoms with Crippen molar-refractivity contribution in [1.82, 2.24) is 0 Å². The summed E-state index contributed by atoms with van der Waals surface area (Å²) in [5.41, 5.74) is 10.2. The maximum absolute atomic E-state index is 5.88. The summed E-state index contributed by atoms with van der Waals surface area (Å²) in [4.78, 5) is 2.27. The van der Waals surface area contributed by atoms with E-state index in [9.17, 15) is 0 Å². The van der Waals surface area contributed by atoms with Crippen molar-refractivity contribution in [1.29, 1.82) is 0 Å². The van der Waals surface area contributed by atoms with Gasteiger partial charge in [0.25, 0.3) is 0 Å². The Kier molecular flexibility index (Phi) is 5.51. The Bertz CT molecular complexity index is 584. The number of anilines is 3. The Morgan fingerprint density at radius 2 is 1.90 bits per heavy atom. The van der Waals surface area contributed by atoms with E-state index in [2.05, 4.69) is 63.5 Å². The topological polar surface area (TPSA) is 41.3 Å². The molecule has 0 saturated heterocycles. The van der Waals surface area contributed by atoms with Gasteiger partial charge < -0.3 is 16.0 Å². The summed E-state index contributed by atoms with van der Waals surface area (Å²) in [6.45, 7) is 3.97. The van der Waals surface area contributed by atoms with Crippen molar-refractivity contribution in [2.24, 2.45) is 0 Å². The quantitative estimate of drug-likeness (QED) is 0.605. The van der Waals surface area contributed by atoms with Crippen molar-refractivity contribution in [2.45, 2.75) is 13.3 Å². The minimum atomic E-state index is 0.816. The summed E-state index contributed by atoms with van der Waals surface area (Å²) in [5.74, 6) is 0. The third-order valence-electron chi connectivity index (χ3n) is 3.54. The number of hydrogen-bond acceptors (Lipinski definition) is 3. The molecule has 0 atom stereocenters. The van der Waals surface area contributed by atoms with Crippen LogP contribution in [0.5, 0.6) is 0 Å². The molecule has 21 heavy (non-hydrogen) atoms.